The summed E-state index contributed by atoms with van der Waals surface area (Å²) in [6, 6.07) is 0. The molecular formula is C70H128O6. The highest BCUT2D eigenvalue weighted by Gasteiger charge is 2.19. The van der Waals surface area contributed by atoms with Gasteiger partial charge in [-0.1, -0.05) is 313 Å². The lowest BCUT2D eigenvalue weighted by molar-refractivity contribution is -0.167. The number of esters is 3. The van der Waals surface area contributed by atoms with Gasteiger partial charge in [-0.15, -0.1) is 0 Å². The second-order valence-corrected chi connectivity index (χ2v) is 22.7. The SMILES string of the molecule is CC/C=C\C/C=C\C/C=C\CCCCCCCC(=O)OC(COC(=O)CCCCCCCCCCCCCC)COC(=O)CCCCCCCCCCCCCCCCCCCCC/C=C\CCCCCCCCCC. The van der Waals surface area contributed by atoms with Crippen molar-refractivity contribution in [2.45, 2.75) is 367 Å². The second-order valence-electron chi connectivity index (χ2n) is 22.7. The molecule has 0 aliphatic rings. The van der Waals surface area contributed by atoms with Crippen LogP contribution in [0.1, 0.15) is 361 Å². The van der Waals surface area contributed by atoms with Gasteiger partial charge in [0.2, 0.25) is 0 Å². The van der Waals surface area contributed by atoms with Gasteiger partial charge in [0, 0.05) is 19.3 Å². The molecule has 76 heavy (non-hydrogen) atoms. The lowest BCUT2D eigenvalue weighted by atomic mass is 10.0. The van der Waals surface area contributed by atoms with Gasteiger partial charge in [0.1, 0.15) is 13.2 Å². The predicted molar refractivity (Wildman–Crippen MR) is 330 cm³/mol. The summed E-state index contributed by atoms with van der Waals surface area (Å²) in [7, 11) is 0. The largest absolute Gasteiger partial charge is 0.462 e. The molecular weight excluding hydrogens is 937 g/mol. The van der Waals surface area contributed by atoms with E-state index in [0.29, 0.717) is 19.3 Å². The molecule has 0 bridgehead atoms. The van der Waals surface area contributed by atoms with Crippen molar-refractivity contribution in [2.24, 2.45) is 0 Å². The average Bonchev–Trinajstić information content (AvgIpc) is 3.42. The third kappa shape index (κ3) is 62.2. The van der Waals surface area contributed by atoms with Crippen molar-refractivity contribution in [3.8, 4) is 0 Å². The van der Waals surface area contributed by atoms with Crippen LogP contribution in [-0.2, 0) is 28.6 Å². The van der Waals surface area contributed by atoms with Gasteiger partial charge in [0.25, 0.3) is 0 Å². The van der Waals surface area contributed by atoms with Crippen LogP contribution in [0.15, 0.2) is 48.6 Å². The van der Waals surface area contributed by atoms with Crippen LogP contribution in [0, 0.1) is 0 Å². The molecule has 1 unspecified atom stereocenters. The number of hydrogen-bond acceptors (Lipinski definition) is 6. The molecule has 0 rings (SSSR count). The third-order valence-electron chi connectivity index (χ3n) is 15.1. The molecule has 0 N–H and O–H groups in total. The minimum Gasteiger partial charge on any atom is -0.462 e. The maximum absolute atomic E-state index is 12.9. The number of unbranched alkanes of at least 4 members (excludes halogenated alkanes) is 43. The van der Waals surface area contributed by atoms with Crippen molar-refractivity contribution in [1.82, 2.24) is 0 Å². The summed E-state index contributed by atoms with van der Waals surface area (Å²) in [4.78, 5) is 38.2. The Kier molecular flexibility index (Phi) is 62.6. The summed E-state index contributed by atoms with van der Waals surface area (Å²) in [5.74, 6) is -0.872. The molecule has 0 aromatic carbocycles. The van der Waals surface area contributed by atoms with Crippen LogP contribution in [0.3, 0.4) is 0 Å². The first-order valence-corrected chi connectivity index (χ1v) is 33.6. The summed E-state index contributed by atoms with van der Waals surface area (Å²) < 4.78 is 16.9. The highest BCUT2D eigenvalue weighted by molar-refractivity contribution is 5.71. The Labute approximate surface area is 473 Å². The predicted octanol–water partition coefficient (Wildman–Crippen LogP) is 22.9. The Morgan fingerprint density at radius 2 is 0.513 bits per heavy atom. The fourth-order valence-electron chi connectivity index (χ4n) is 10.0. The molecule has 0 saturated heterocycles. The maximum atomic E-state index is 12.9. The Morgan fingerprint density at radius 3 is 0.816 bits per heavy atom. The van der Waals surface area contributed by atoms with Gasteiger partial charge >= 0.3 is 17.9 Å². The third-order valence-corrected chi connectivity index (χ3v) is 15.1. The van der Waals surface area contributed by atoms with E-state index in [1.54, 1.807) is 0 Å². The fraction of sp³-hybridized carbons (Fsp3) is 0.843. The Bertz CT molecular complexity index is 1310. The van der Waals surface area contributed by atoms with Crippen molar-refractivity contribution in [1.29, 1.82) is 0 Å². The molecule has 0 amide bonds. The molecule has 0 aliphatic heterocycles. The summed E-state index contributed by atoms with van der Waals surface area (Å²) in [5.41, 5.74) is 0. The molecule has 0 heterocycles. The van der Waals surface area contributed by atoms with E-state index in [1.165, 1.54) is 225 Å². The van der Waals surface area contributed by atoms with E-state index in [1.807, 2.05) is 0 Å². The van der Waals surface area contributed by atoms with Crippen molar-refractivity contribution in [3.63, 3.8) is 0 Å². The number of carbonyl (C=O) groups excluding carboxylic acids is 3. The average molecular weight is 1070 g/mol. The van der Waals surface area contributed by atoms with E-state index in [2.05, 4.69) is 69.4 Å². The van der Waals surface area contributed by atoms with Gasteiger partial charge in [0.15, 0.2) is 6.10 Å². The van der Waals surface area contributed by atoms with E-state index in [-0.39, 0.29) is 31.1 Å². The van der Waals surface area contributed by atoms with Gasteiger partial charge in [-0.2, -0.15) is 0 Å². The topological polar surface area (TPSA) is 78.9 Å². The maximum Gasteiger partial charge on any atom is 0.306 e. The minimum absolute atomic E-state index is 0.0757. The molecule has 0 fully saturated rings. The zero-order valence-corrected chi connectivity index (χ0v) is 51.0. The van der Waals surface area contributed by atoms with Crippen LogP contribution < -0.4 is 0 Å². The quantitative estimate of drug-likeness (QED) is 0.0261. The van der Waals surface area contributed by atoms with Gasteiger partial charge in [-0.3, -0.25) is 14.4 Å². The summed E-state index contributed by atoms with van der Waals surface area (Å²) in [6.07, 6.45) is 81.5. The summed E-state index contributed by atoms with van der Waals surface area (Å²) in [6.45, 7) is 6.56. The molecule has 0 aliphatic carbocycles. The van der Waals surface area contributed by atoms with Crippen LogP contribution in [0.4, 0.5) is 0 Å². The number of ether oxygens (including phenoxy) is 3. The van der Waals surface area contributed by atoms with Crippen molar-refractivity contribution in [3.05, 3.63) is 48.6 Å². The van der Waals surface area contributed by atoms with E-state index < -0.39 is 6.10 Å². The summed E-state index contributed by atoms with van der Waals surface area (Å²) in [5, 5.41) is 0. The lowest BCUT2D eigenvalue weighted by Gasteiger charge is -2.18. The van der Waals surface area contributed by atoms with Crippen LogP contribution in [0.5, 0.6) is 0 Å². The molecule has 6 heteroatoms. The molecule has 0 aromatic heterocycles. The minimum atomic E-state index is -0.779. The molecule has 1 atom stereocenters. The van der Waals surface area contributed by atoms with Gasteiger partial charge < -0.3 is 14.2 Å². The van der Waals surface area contributed by atoms with Gasteiger partial charge in [-0.05, 0) is 77.0 Å². The molecule has 0 radical (unpaired) electrons. The zero-order chi connectivity index (χ0) is 55.0. The van der Waals surface area contributed by atoms with Crippen molar-refractivity contribution in [2.75, 3.05) is 13.2 Å². The standard InChI is InChI=1S/C70H128O6/c1-4-7-10-13-16-19-22-25-27-28-29-30-31-32-33-34-35-36-37-38-39-40-41-42-44-45-48-51-54-57-60-63-69(72)75-66-67(65-74-68(71)62-59-56-53-50-47-24-21-18-15-12-9-6-3)76-70(73)64-61-58-55-52-49-46-43-26-23-20-17-14-11-8-5-2/h8,11,17,20,26,28-29,43,67H,4-7,9-10,12-16,18-19,21-25,27,30-42,44-66H2,1-3H3/b11-8-,20-17-,29-28-,43-26-. The van der Waals surface area contributed by atoms with E-state index in [4.69, 9.17) is 14.2 Å². The number of rotatable bonds is 62. The monoisotopic (exact) mass is 1060 g/mol. The van der Waals surface area contributed by atoms with Crippen LogP contribution in [-0.4, -0.2) is 37.2 Å². The van der Waals surface area contributed by atoms with Crippen molar-refractivity contribution < 1.29 is 28.6 Å². The zero-order valence-electron chi connectivity index (χ0n) is 51.0. The Morgan fingerprint density at radius 1 is 0.276 bits per heavy atom. The van der Waals surface area contributed by atoms with Crippen LogP contribution in [0.25, 0.3) is 0 Å². The van der Waals surface area contributed by atoms with Gasteiger partial charge in [0.05, 0.1) is 0 Å². The number of hydrogen-bond donors (Lipinski definition) is 0. The Hall–Kier alpha value is -2.63. The highest BCUT2D eigenvalue weighted by Crippen LogP contribution is 2.18. The van der Waals surface area contributed by atoms with E-state index in [9.17, 15) is 14.4 Å². The van der Waals surface area contributed by atoms with Crippen LogP contribution >= 0.6 is 0 Å². The van der Waals surface area contributed by atoms with E-state index in [0.717, 1.165) is 96.3 Å². The normalized spacial score (nSPS) is 12.3. The first-order valence-electron chi connectivity index (χ1n) is 33.6. The molecule has 0 spiro atoms. The molecule has 6 nitrogen and oxygen atoms in total. The molecule has 444 valence electrons. The smallest absolute Gasteiger partial charge is 0.306 e. The molecule has 0 aromatic rings. The van der Waals surface area contributed by atoms with E-state index >= 15 is 0 Å². The first-order chi connectivity index (χ1) is 37.5. The lowest BCUT2D eigenvalue weighted by Crippen LogP contribution is -2.30. The summed E-state index contributed by atoms with van der Waals surface area (Å²) >= 11 is 0. The Balaban J connectivity index is 4.11. The number of allylic oxidation sites excluding steroid dienone is 8. The van der Waals surface area contributed by atoms with Gasteiger partial charge in [-0.25, -0.2) is 0 Å². The van der Waals surface area contributed by atoms with Crippen molar-refractivity contribution >= 4 is 17.9 Å². The number of carbonyl (C=O) groups is 3. The highest BCUT2D eigenvalue weighted by atomic mass is 16.6. The fourth-order valence-corrected chi connectivity index (χ4v) is 10.0. The second kappa shape index (κ2) is 64.9. The first kappa shape index (κ1) is 73.4. The molecule has 0 saturated carbocycles. The van der Waals surface area contributed by atoms with Crippen LogP contribution in [0.2, 0.25) is 0 Å².